The number of benzene rings is 2. The van der Waals surface area contributed by atoms with Gasteiger partial charge in [-0.05, 0) is 60.0 Å². The van der Waals surface area contributed by atoms with Gasteiger partial charge in [-0.1, -0.05) is 6.07 Å². The van der Waals surface area contributed by atoms with E-state index in [0.29, 0.717) is 27.6 Å². The summed E-state index contributed by atoms with van der Waals surface area (Å²) in [4.78, 5) is 28.0. The Hall–Kier alpha value is -3.65. The second kappa shape index (κ2) is 9.01. The first-order valence-electron chi connectivity index (χ1n) is 9.50. The Kier molecular flexibility index (Phi) is 5.99. The second-order valence-corrected chi connectivity index (χ2v) is 7.59. The topological polar surface area (TPSA) is 67.9 Å². The van der Waals surface area contributed by atoms with E-state index in [1.54, 1.807) is 37.4 Å². The van der Waals surface area contributed by atoms with Crippen LogP contribution in [0.1, 0.15) is 4.88 Å². The van der Waals surface area contributed by atoms with Gasteiger partial charge in [0.1, 0.15) is 29.6 Å². The van der Waals surface area contributed by atoms with Crippen molar-refractivity contribution in [2.75, 3.05) is 25.6 Å². The van der Waals surface area contributed by atoms with Gasteiger partial charge in [-0.15, -0.1) is 11.3 Å². The molecule has 4 rings (SSSR count). The van der Waals surface area contributed by atoms with Gasteiger partial charge < -0.3 is 14.8 Å². The van der Waals surface area contributed by atoms with E-state index in [2.05, 4.69) is 5.32 Å². The number of carbonyl (C=O) groups excluding carboxylic acids is 2. The van der Waals surface area contributed by atoms with Crippen molar-refractivity contribution in [1.82, 2.24) is 4.90 Å². The summed E-state index contributed by atoms with van der Waals surface area (Å²) in [5, 5.41) is 4.83. The van der Waals surface area contributed by atoms with Crippen LogP contribution in [0.25, 0.3) is 5.57 Å². The standard InChI is InChI=1S/C23H19FN2O4S/c1-29-17-8-10-18(11-9-17)30-13-12-26-22(27)20(19-3-2-14-31-19)21(23(26)28)25-16-6-4-15(24)5-7-16/h2-11,14,25H,12-13H2,1H3. The number of amides is 2. The third-order valence-corrected chi connectivity index (χ3v) is 5.58. The number of rotatable bonds is 8. The lowest BCUT2D eigenvalue weighted by Crippen LogP contribution is -2.35. The second-order valence-electron chi connectivity index (χ2n) is 6.65. The van der Waals surface area contributed by atoms with E-state index in [0.717, 1.165) is 4.90 Å². The van der Waals surface area contributed by atoms with Gasteiger partial charge >= 0.3 is 0 Å². The number of hydrogen-bond acceptors (Lipinski definition) is 6. The Morgan fingerprint density at radius 3 is 2.32 bits per heavy atom. The lowest BCUT2D eigenvalue weighted by molar-refractivity contribution is -0.137. The summed E-state index contributed by atoms with van der Waals surface area (Å²) in [6.07, 6.45) is 0. The van der Waals surface area contributed by atoms with Crippen molar-refractivity contribution in [1.29, 1.82) is 0 Å². The number of carbonyl (C=O) groups is 2. The molecule has 1 aromatic heterocycles. The first kappa shape index (κ1) is 20.6. The van der Waals surface area contributed by atoms with Crippen molar-refractivity contribution < 1.29 is 23.5 Å². The molecule has 8 heteroatoms. The number of halogens is 1. The number of hydrogen-bond donors (Lipinski definition) is 1. The average molecular weight is 438 g/mol. The molecule has 2 amide bonds. The zero-order chi connectivity index (χ0) is 21.8. The SMILES string of the molecule is COc1ccc(OCCN2C(=O)C(Nc3ccc(F)cc3)=C(c3cccs3)C2=O)cc1. The van der Waals surface area contributed by atoms with Gasteiger partial charge in [0.15, 0.2) is 0 Å². The summed E-state index contributed by atoms with van der Waals surface area (Å²) in [6.45, 7) is 0.235. The van der Waals surface area contributed by atoms with E-state index in [9.17, 15) is 14.0 Å². The van der Waals surface area contributed by atoms with E-state index in [4.69, 9.17) is 9.47 Å². The number of imide groups is 1. The van der Waals surface area contributed by atoms with Gasteiger partial charge in [0.25, 0.3) is 11.8 Å². The predicted octanol–water partition coefficient (Wildman–Crippen LogP) is 4.17. The lowest BCUT2D eigenvalue weighted by atomic mass is 10.2. The van der Waals surface area contributed by atoms with E-state index >= 15 is 0 Å². The number of ether oxygens (including phenoxy) is 2. The van der Waals surface area contributed by atoms with Crippen molar-refractivity contribution >= 4 is 34.4 Å². The van der Waals surface area contributed by atoms with Crippen molar-refractivity contribution in [3.63, 3.8) is 0 Å². The normalized spacial score (nSPS) is 13.7. The quantitative estimate of drug-likeness (QED) is 0.535. The number of methoxy groups -OCH3 is 1. The highest BCUT2D eigenvalue weighted by molar-refractivity contribution is 7.11. The van der Waals surface area contributed by atoms with Crippen LogP contribution in [0.2, 0.25) is 0 Å². The molecule has 0 saturated heterocycles. The average Bonchev–Trinajstić information content (AvgIpc) is 3.38. The molecule has 2 heterocycles. The molecule has 0 fully saturated rings. The first-order chi connectivity index (χ1) is 15.1. The molecule has 31 heavy (non-hydrogen) atoms. The van der Waals surface area contributed by atoms with E-state index < -0.39 is 11.8 Å². The van der Waals surface area contributed by atoms with Gasteiger partial charge in [0.2, 0.25) is 0 Å². The summed E-state index contributed by atoms with van der Waals surface area (Å²) >= 11 is 1.37. The molecule has 1 aliphatic rings. The van der Waals surface area contributed by atoms with Crippen LogP contribution in [-0.4, -0.2) is 37.0 Å². The van der Waals surface area contributed by atoms with E-state index in [-0.39, 0.29) is 24.7 Å². The van der Waals surface area contributed by atoms with Crippen LogP contribution in [0.5, 0.6) is 11.5 Å². The number of nitrogens with one attached hydrogen (secondary N) is 1. The smallest absolute Gasteiger partial charge is 0.278 e. The van der Waals surface area contributed by atoms with Crippen LogP contribution in [0.15, 0.2) is 71.7 Å². The van der Waals surface area contributed by atoms with Crippen molar-refractivity contribution in [3.8, 4) is 11.5 Å². The number of thiophene rings is 1. The van der Waals surface area contributed by atoms with E-state index in [1.165, 1.54) is 35.6 Å². The maximum Gasteiger partial charge on any atom is 0.278 e. The van der Waals surface area contributed by atoms with Crippen LogP contribution in [0, 0.1) is 5.82 Å². The summed E-state index contributed by atoms with van der Waals surface area (Å²) < 4.78 is 24.0. The maximum atomic E-state index is 13.2. The summed E-state index contributed by atoms with van der Waals surface area (Å²) in [7, 11) is 1.58. The zero-order valence-corrected chi connectivity index (χ0v) is 17.4. The molecule has 2 aromatic carbocycles. The molecular formula is C23H19FN2O4S. The zero-order valence-electron chi connectivity index (χ0n) is 16.6. The Balaban J connectivity index is 1.51. The van der Waals surface area contributed by atoms with Gasteiger partial charge in [-0.3, -0.25) is 14.5 Å². The minimum Gasteiger partial charge on any atom is -0.497 e. The van der Waals surface area contributed by atoms with Gasteiger partial charge in [0.05, 0.1) is 19.2 Å². The highest BCUT2D eigenvalue weighted by Crippen LogP contribution is 2.32. The van der Waals surface area contributed by atoms with Crippen LogP contribution in [0.4, 0.5) is 10.1 Å². The number of nitrogens with zero attached hydrogens (tertiary/aromatic N) is 1. The molecule has 1 N–H and O–H groups in total. The van der Waals surface area contributed by atoms with Gasteiger partial charge in [-0.25, -0.2) is 4.39 Å². The molecule has 6 nitrogen and oxygen atoms in total. The molecule has 158 valence electrons. The predicted molar refractivity (Wildman–Crippen MR) is 116 cm³/mol. The molecule has 1 aliphatic heterocycles. The highest BCUT2D eigenvalue weighted by atomic mass is 32.1. The highest BCUT2D eigenvalue weighted by Gasteiger charge is 2.39. The summed E-state index contributed by atoms with van der Waals surface area (Å²) in [5.41, 5.74) is 0.986. The molecule has 0 bridgehead atoms. The van der Waals surface area contributed by atoms with Crippen molar-refractivity contribution in [2.24, 2.45) is 0 Å². The molecular weight excluding hydrogens is 419 g/mol. The molecule has 0 saturated carbocycles. The molecule has 0 atom stereocenters. The Morgan fingerprint density at radius 2 is 1.68 bits per heavy atom. The molecule has 0 aliphatic carbocycles. The van der Waals surface area contributed by atoms with Gasteiger partial charge in [-0.2, -0.15) is 0 Å². The third-order valence-electron chi connectivity index (χ3n) is 4.69. The Labute approximate surface area is 182 Å². The van der Waals surface area contributed by atoms with Crippen LogP contribution in [0.3, 0.4) is 0 Å². The lowest BCUT2D eigenvalue weighted by Gasteiger charge is -2.16. The Morgan fingerprint density at radius 1 is 0.968 bits per heavy atom. The van der Waals surface area contributed by atoms with Crippen molar-refractivity contribution in [2.45, 2.75) is 0 Å². The largest absolute Gasteiger partial charge is 0.497 e. The minimum atomic E-state index is -0.448. The molecule has 0 spiro atoms. The maximum absolute atomic E-state index is 13.2. The minimum absolute atomic E-state index is 0.0904. The number of anilines is 1. The fourth-order valence-electron chi connectivity index (χ4n) is 3.15. The first-order valence-corrected chi connectivity index (χ1v) is 10.4. The molecule has 0 radical (unpaired) electrons. The molecule has 0 unspecified atom stereocenters. The van der Waals surface area contributed by atoms with E-state index in [1.807, 2.05) is 11.4 Å². The summed E-state index contributed by atoms with van der Waals surface area (Å²) in [6, 6.07) is 16.2. The van der Waals surface area contributed by atoms with Crippen LogP contribution >= 0.6 is 11.3 Å². The van der Waals surface area contributed by atoms with Crippen LogP contribution in [-0.2, 0) is 9.59 Å². The Bertz CT molecular complexity index is 1110. The van der Waals surface area contributed by atoms with Crippen LogP contribution < -0.4 is 14.8 Å². The van der Waals surface area contributed by atoms with Gasteiger partial charge in [0, 0.05) is 10.6 Å². The molecule has 3 aromatic rings. The van der Waals surface area contributed by atoms with Crippen molar-refractivity contribution in [3.05, 3.63) is 82.4 Å². The summed E-state index contributed by atoms with van der Waals surface area (Å²) in [5.74, 6) is 0.0881. The third kappa shape index (κ3) is 4.44. The monoisotopic (exact) mass is 438 g/mol. The fraction of sp³-hybridized carbons (Fsp3) is 0.130. The fourth-order valence-corrected chi connectivity index (χ4v) is 3.92.